The maximum atomic E-state index is 12.4. The molecule has 2 amide bonds. The van der Waals surface area contributed by atoms with Crippen LogP contribution in [0.2, 0.25) is 0 Å². The fourth-order valence-corrected chi connectivity index (χ4v) is 2.70. The molecule has 0 saturated heterocycles. The topological polar surface area (TPSA) is 131 Å². The fraction of sp³-hybridized carbons (Fsp3) is 0.136. The van der Waals surface area contributed by atoms with Crippen LogP contribution in [0.1, 0.15) is 42.5 Å². The Morgan fingerprint density at radius 3 is 2.06 bits per heavy atom. The summed E-state index contributed by atoms with van der Waals surface area (Å²) in [5, 5.41) is 14.3. The third-order valence-corrected chi connectivity index (χ3v) is 4.37. The van der Waals surface area contributed by atoms with Gasteiger partial charge < -0.3 is 20.5 Å². The second-order valence-electron chi connectivity index (χ2n) is 6.51. The molecule has 0 spiro atoms. The van der Waals surface area contributed by atoms with Crippen LogP contribution in [0.15, 0.2) is 60.9 Å². The van der Waals surface area contributed by atoms with Crippen molar-refractivity contribution in [2.45, 2.75) is 13.1 Å². The lowest BCUT2D eigenvalue weighted by Crippen LogP contribution is -2.27. The van der Waals surface area contributed by atoms with E-state index < -0.39 is 17.8 Å². The third-order valence-electron chi connectivity index (χ3n) is 4.37. The number of carbonyl (C=O) groups excluding carboxylic acids is 2. The van der Waals surface area contributed by atoms with Gasteiger partial charge in [0.15, 0.2) is 0 Å². The molecule has 3 aromatic rings. The Kier molecular flexibility index (Phi) is 6.89. The number of aromatic carboxylic acids is 1. The number of ether oxygens (including phenoxy) is 1. The monoisotopic (exact) mass is 420 g/mol. The van der Waals surface area contributed by atoms with Crippen molar-refractivity contribution in [1.29, 1.82) is 0 Å². The average Bonchev–Trinajstić information content (AvgIpc) is 2.81. The van der Waals surface area contributed by atoms with Crippen molar-refractivity contribution in [2.24, 2.45) is 0 Å². The van der Waals surface area contributed by atoms with Crippen molar-refractivity contribution in [3.8, 4) is 5.75 Å². The summed E-state index contributed by atoms with van der Waals surface area (Å²) in [5.74, 6) is -1.26. The minimum atomic E-state index is -1.02. The molecule has 9 heteroatoms. The molecule has 0 radical (unpaired) electrons. The van der Waals surface area contributed by atoms with Crippen LogP contribution in [-0.4, -0.2) is 40.0 Å². The normalized spacial score (nSPS) is 10.2. The summed E-state index contributed by atoms with van der Waals surface area (Å²) in [6.45, 7) is 0.452. The SMILES string of the molecule is COc1cccc(CNC(=O)c2cc(C(=O)NCc3ccc(C(=O)O)cc3)ncn2)c1. The summed E-state index contributed by atoms with van der Waals surface area (Å²) in [4.78, 5) is 43.5. The number of rotatable bonds is 8. The molecular formula is C22H20N4O5. The van der Waals surface area contributed by atoms with E-state index in [-0.39, 0.29) is 30.0 Å². The van der Waals surface area contributed by atoms with Crippen LogP contribution in [0.4, 0.5) is 0 Å². The maximum Gasteiger partial charge on any atom is 0.335 e. The van der Waals surface area contributed by atoms with E-state index in [2.05, 4.69) is 20.6 Å². The predicted octanol–water partition coefficient (Wildman–Crippen LogP) is 2.04. The molecule has 0 atom stereocenters. The van der Waals surface area contributed by atoms with Gasteiger partial charge in [0.2, 0.25) is 0 Å². The lowest BCUT2D eigenvalue weighted by Gasteiger charge is -2.08. The highest BCUT2D eigenvalue weighted by atomic mass is 16.5. The Labute approximate surface area is 178 Å². The van der Waals surface area contributed by atoms with Crippen molar-refractivity contribution >= 4 is 17.8 Å². The second-order valence-corrected chi connectivity index (χ2v) is 6.51. The van der Waals surface area contributed by atoms with Crippen LogP contribution < -0.4 is 15.4 Å². The lowest BCUT2D eigenvalue weighted by molar-refractivity contribution is 0.0696. The molecule has 0 aliphatic heterocycles. The van der Waals surface area contributed by atoms with E-state index in [1.807, 2.05) is 18.2 Å². The molecule has 31 heavy (non-hydrogen) atoms. The largest absolute Gasteiger partial charge is 0.497 e. The van der Waals surface area contributed by atoms with Crippen molar-refractivity contribution in [2.75, 3.05) is 7.11 Å². The number of nitrogens with zero attached hydrogens (tertiary/aromatic N) is 2. The highest BCUT2D eigenvalue weighted by molar-refractivity contribution is 5.97. The van der Waals surface area contributed by atoms with E-state index in [1.54, 1.807) is 25.3 Å². The molecule has 2 aromatic carbocycles. The Morgan fingerprint density at radius 1 is 0.871 bits per heavy atom. The van der Waals surface area contributed by atoms with Gasteiger partial charge >= 0.3 is 5.97 Å². The number of carbonyl (C=O) groups is 3. The van der Waals surface area contributed by atoms with E-state index >= 15 is 0 Å². The summed E-state index contributed by atoms with van der Waals surface area (Å²) < 4.78 is 5.16. The average molecular weight is 420 g/mol. The molecule has 158 valence electrons. The van der Waals surface area contributed by atoms with Crippen molar-refractivity contribution in [1.82, 2.24) is 20.6 Å². The van der Waals surface area contributed by atoms with Gasteiger partial charge in [0.25, 0.3) is 11.8 Å². The molecule has 0 aliphatic carbocycles. The van der Waals surface area contributed by atoms with E-state index in [9.17, 15) is 14.4 Å². The highest BCUT2D eigenvalue weighted by Crippen LogP contribution is 2.12. The molecule has 3 N–H and O–H groups in total. The molecule has 0 fully saturated rings. The van der Waals surface area contributed by atoms with Gasteiger partial charge in [0.1, 0.15) is 23.5 Å². The molecule has 1 heterocycles. The van der Waals surface area contributed by atoms with Gasteiger partial charge in [-0.05, 0) is 35.4 Å². The number of amides is 2. The summed E-state index contributed by atoms with van der Waals surface area (Å²) in [6, 6.07) is 14.7. The smallest absolute Gasteiger partial charge is 0.335 e. The first kappa shape index (κ1) is 21.4. The highest BCUT2D eigenvalue weighted by Gasteiger charge is 2.13. The van der Waals surface area contributed by atoms with Gasteiger partial charge in [0, 0.05) is 19.2 Å². The molecular weight excluding hydrogens is 400 g/mol. The van der Waals surface area contributed by atoms with Crippen LogP contribution in [0.25, 0.3) is 0 Å². The summed E-state index contributed by atoms with van der Waals surface area (Å²) in [7, 11) is 1.57. The Hall–Kier alpha value is -4.27. The number of nitrogens with one attached hydrogen (secondary N) is 2. The maximum absolute atomic E-state index is 12.4. The minimum Gasteiger partial charge on any atom is -0.497 e. The molecule has 0 bridgehead atoms. The molecule has 0 saturated carbocycles. The Bertz CT molecular complexity index is 1100. The van der Waals surface area contributed by atoms with Crippen LogP contribution in [0.3, 0.4) is 0 Å². The zero-order valence-corrected chi connectivity index (χ0v) is 16.7. The third kappa shape index (κ3) is 5.86. The van der Waals surface area contributed by atoms with Crippen LogP contribution >= 0.6 is 0 Å². The lowest BCUT2D eigenvalue weighted by atomic mass is 10.1. The van der Waals surface area contributed by atoms with Gasteiger partial charge in [-0.3, -0.25) is 9.59 Å². The summed E-state index contributed by atoms with van der Waals surface area (Å²) in [6.07, 6.45) is 1.15. The van der Waals surface area contributed by atoms with Gasteiger partial charge in [-0.15, -0.1) is 0 Å². The van der Waals surface area contributed by atoms with Crippen molar-refractivity contribution in [3.63, 3.8) is 0 Å². The molecule has 1 aromatic heterocycles. The molecule has 9 nitrogen and oxygen atoms in total. The van der Waals surface area contributed by atoms with E-state index in [4.69, 9.17) is 9.84 Å². The van der Waals surface area contributed by atoms with E-state index in [0.29, 0.717) is 5.75 Å². The first-order valence-corrected chi connectivity index (χ1v) is 9.30. The molecule has 3 rings (SSSR count). The van der Waals surface area contributed by atoms with E-state index in [0.717, 1.165) is 17.5 Å². The summed E-state index contributed by atoms with van der Waals surface area (Å²) in [5.41, 5.74) is 1.85. The van der Waals surface area contributed by atoms with E-state index in [1.165, 1.54) is 18.2 Å². The van der Waals surface area contributed by atoms with Crippen LogP contribution in [0.5, 0.6) is 5.75 Å². The van der Waals surface area contributed by atoms with Crippen molar-refractivity contribution < 1.29 is 24.2 Å². The van der Waals surface area contributed by atoms with Gasteiger partial charge in [-0.25, -0.2) is 14.8 Å². The number of carboxylic acid groups (broad SMARTS) is 1. The Morgan fingerprint density at radius 2 is 1.48 bits per heavy atom. The first-order valence-electron chi connectivity index (χ1n) is 9.30. The number of benzene rings is 2. The fourth-order valence-electron chi connectivity index (χ4n) is 2.70. The molecule has 0 aliphatic rings. The summed E-state index contributed by atoms with van der Waals surface area (Å²) >= 11 is 0. The number of hydrogen-bond acceptors (Lipinski definition) is 6. The van der Waals surface area contributed by atoms with Crippen LogP contribution in [0, 0.1) is 0 Å². The van der Waals surface area contributed by atoms with Gasteiger partial charge in [-0.1, -0.05) is 24.3 Å². The Balaban J connectivity index is 1.58. The minimum absolute atomic E-state index is 0.0451. The van der Waals surface area contributed by atoms with Gasteiger partial charge in [-0.2, -0.15) is 0 Å². The van der Waals surface area contributed by atoms with Crippen molar-refractivity contribution in [3.05, 3.63) is 89.0 Å². The zero-order valence-electron chi connectivity index (χ0n) is 16.7. The number of carboxylic acids is 1. The number of methoxy groups -OCH3 is 1. The predicted molar refractivity (Wildman–Crippen MR) is 111 cm³/mol. The first-order chi connectivity index (χ1) is 15.0. The standard InChI is InChI=1S/C22H20N4O5/c1-31-17-4-2-3-15(9-17)12-24-21(28)19-10-18(25-13-26-19)20(27)23-11-14-5-7-16(8-6-14)22(29)30/h2-10,13H,11-12H2,1H3,(H,23,27)(H,24,28)(H,29,30). The second kappa shape index (κ2) is 9.97. The zero-order chi connectivity index (χ0) is 22.2. The molecule has 0 unspecified atom stereocenters. The number of aromatic nitrogens is 2. The van der Waals surface area contributed by atoms with Gasteiger partial charge in [0.05, 0.1) is 12.7 Å². The quantitative estimate of drug-likeness (QED) is 0.508. The number of hydrogen-bond donors (Lipinski definition) is 3. The van der Waals surface area contributed by atoms with Crippen LogP contribution in [-0.2, 0) is 13.1 Å².